The van der Waals surface area contributed by atoms with Gasteiger partial charge in [-0.05, 0) is 60.9 Å². The van der Waals surface area contributed by atoms with E-state index < -0.39 is 0 Å². The number of nitrogens with zero attached hydrogens (tertiary/aromatic N) is 1. The van der Waals surface area contributed by atoms with Crippen LogP contribution in [-0.4, -0.2) is 0 Å². The molecule has 4 aromatic rings. The van der Waals surface area contributed by atoms with Crippen molar-refractivity contribution in [2.75, 3.05) is 0 Å². The largest absolute Gasteiger partial charge is 0.213 e. The number of aryl methyl sites for hydroxylation is 2. The van der Waals surface area contributed by atoms with Crippen molar-refractivity contribution < 1.29 is 4.57 Å². The van der Waals surface area contributed by atoms with Crippen LogP contribution in [0, 0.1) is 13.8 Å². The molecule has 0 fully saturated rings. The van der Waals surface area contributed by atoms with Gasteiger partial charge in [-0.2, -0.15) is 4.57 Å². The van der Waals surface area contributed by atoms with E-state index in [9.17, 15) is 0 Å². The average molecular weight is 455 g/mol. The molecule has 4 rings (SSSR count). The van der Waals surface area contributed by atoms with Crippen molar-refractivity contribution >= 4 is 28.1 Å². The van der Waals surface area contributed by atoms with Crippen molar-refractivity contribution in [2.24, 2.45) is 7.05 Å². The predicted molar refractivity (Wildman–Crippen MR) is 131 cm³/mol. The van der Waals surface area contributed by atoms with Crippen molar-refractivity contribution in [1.82, 2.24) is 0 Å². The fourth-order valence-corrected chi connectivity index (χ4v) is 3.77. The predicted octanol–water partition coefficient (Wildman–Crippen LogP) is 7.39. The molecular weight excluding hydrogens is 430 g/mol. The summed E-state index contributed by atoms with van der Waals surface area (Å²) in [5.41, 5.74) is 9.72. The van der Waals surface area contributed by atoms with E-state index in [1.165, 1.54) is 39.1 Å². The summed E-state index contributed by atoms with van der Waals surface area (Å²) in [6, 6.07) is 30.4. The highest BCUT2D eigenvalue weighted by Crippen LogP contribution is 2.27. The van der Waals surface area contributed by atoms with Crippen molar-refractivity contribution in [1.29, 1.82) is 0 Å². The van der Waals surface area contributed by atoms with Gasteiger partial charge in [-0.15, -0.1) is 0 Å². The van der Waals surface area contributed by atoms with Crippen LogP contribution in [-0.2, 0) is 7.05 Å². The van der Waals surface area contributed by atoms with Crippen LogP contribution < -0.4 is 4.57 Å². The van der Waals surface area contributed by atoms with Gasteiger partial charge in [0.05, 0.1) is 0 Å². The van der Waals surface area contributed by atoms with Gasteiger partial charge in [-0.1, -0.05) is 75.6 Å². The summed E-state index contributed by atoms with van der Waals surface area (Å²) >= 11 is 3.54. The fourth-order valence-electron chi connectivity index (χ4n) is 3.51. The monoisotopic (exact) mass is 454 g/mol. The molecule has 30 heavy (non-hydrogen) atoms. The van der Waals surface area contributed by atoms with Crippen LogP contribution >= 0.6 is 15.9 Å². The summed E-state index contributed by atoms with van der Waals surface area (Å²) in [7, 11) is 2.13. The molecule has 3 aromatic carbocycles. The Morgan fingerprint density at radius 1 is 0.633 bits per heavy atom. The summed E-state index contributed by atoms with van der Waals surface area (Å²) in [6.07, 6.45) is 4.38. The molecule has 148 valence electrons. The van der Waals surface area contributed by atoms with Crippen LogP contribution in [0.2, 0.25) is 0 Å². The van der Waals surface area contributed by atoms with Gasteiger partial charge in [0.25, 0.3) is 0 Å². The summed E-state index contributed by atoms with van der Waals surface area (Å²) in [6.45, 7) is 4.24. The first kappa shape index (κ1) is 20.3. The molecule has 0 aliphatic carbocycles. The lowest BCUT2D eigenvalue weighted by molar-refractivity contribution is -0.662. The minimum atomic E-state index is 1.09. The molecule has 0 bridgehead atoms. The lowest BCUT2D eigenvalue weighted by atomic mass is 10.0. The Morgan fingerprint density at radius 2 is 1.20 bits per heavy atom. The summed E-state index contributed by atoms with van der Waals surface area (Å²) < 4.78 is 3.35. The fraction of sp³-hybridized carbons (Fsp3) is 0.107. The zero-order chi connectivity index (χ0) is 21.1. The number of aromatic nitrogens is 1. The lowest BCUT2D eigenvalue weighted by Gasteiger charge is -2.09. The van der Waals surface area contributed by atoms with Crippen molar-refractivity contribution in [2.45, 2.75) is 13.8 Å². The van der Waals surface area contributed by atoms with Gasteiger partial charge in [0.1, 0.15) is 7.05 Å². The molecule has 1 nitrogen and oxygen atoms in total. The van der Waals surface area contributed by atoms with E-state index >= 15 is 0 Å². The Bertz CT molecular complexity index is 1190. The number of halogens is 1. The maximum Gasteiger partial charge on any atom is 0.213 e. The first-order chi connectivity index (χ1) is 14.5. The molecule has 0 N–H and O–H groups in total. The number of pyridine rings is 1. The van der Waals surface area contributed by atoms with Crippen molar-refractivity contribution in [3.63, 3.8) is 0 Å². The summed E-state index contributed by atoms with van der Waals surface area (Å²) in [4.78, 5) is 0. The van der Waals surface area contributed by atoms with E-state index in [1.54, 1.807) is 0 Å². The molecule has 0 radical (unpaired) electrons. The Morgan fingerprint density at radius 3 is 1.83 bits per heavy atom. The average Bonchev–Trinajstić information content (AvgIpc) is 2.75. The topological polar surface area (TPSA) is 3.88 Å². The van der Waals surface area contributed by atoms with Crippen LogP contribution in [0.25, 0.3) is 34.5 Å². The molecular formula is C28H25BrN+. The van der Waals surface area contributed by atoms with Crippen LogP contribution in [0.4, 0.5) is 0 Å². The van der Waals surface area contributed by atoms with E-state index in [4.69, 9.17) is 0 Å². The minimum Gasteiger partial charge on any atom is -0.195 e. The highest BCUT2D eigenvalue weighted by molar-refractivity contribution is 9.10. The number of rotatable bonds is 4. The highest BCUT2D eigenvalue weighted by atomic mass is 79.9. The van der Waals surface area contributed by atoms with Gasteiger partial charge in [0, 0.05) is 28.2 Å². The maximum atomic E-state index is 3.54. The third kappa shape index (κ3) is 4.60. The molecule has 0 saturated carbocycles. The highest BCUT2D eigenvalue weighted by Gasteiger charge is 2.16. The normalized spacial score (nSPS) is 11.2. The van der Waals surface area contributed by atoms with E-state index in [1.807, 2.05) is 0 Å². The molecule has 1 heterocycles. The van der Waals surface area contributed by atoms with Gasteiger partial charge in [-0.25, -0.2) is 0 Å². The van der Waals surface area contributed by atoms with Crippen LogP contribution in [0.1, 0.15) is 22.4 Å². The Hall–Kier alpha value is -2.97. The van der Waals surface area contributed by atoms with Gasteiger partial charge in [0.2, 0.25) is 11.4 Å². The molecule has 2 heteroatoms. The van der Waals surface area contributed by atoms with Gasteiger partial charge in [0.15, 0.2) is 0 Å². The molecule has 0 spiro atoms. The van der Waals surface area contributed by atoms with Crippen LogP contribution in [0.5, 0.6) is 0 Å². The van der Waals surface area contributed by atoms with E-state index in [-0.39, 0.29) is 0 Å². The molecule has 0 unspecified atom stereocenters. The van der Waals surface area contributed by atoms with Crippen molar-refractivity contribution in [3.8, 4) is 22.4 Å². The number of hydrogen-bond acceptors (Lipinski definition) is 0. The smallest absolute Gasteiger partial charge is 0.195 e. The van der Waals surface area contributed by atoms with Gasteiger partial charge in [-0.3, -0.25) is 0 Å². The second-order valence-electron chi connectivity index (χ2n) is 7.73. The molecule has 1 aromatic heterocycles. The van der Waals surface area contributed by atoms with E-state index in [0.29, 0.717) is 0 Å². The Labute approximate surface area is 187 Å². The Balaban J connectivity index is 1.84. The first-order valence-electron chi connectivity index (χ1n) is 10.1. The second-order valence-corrected chi connectivity index (χ2v) is 8.65. The van der Waals surface area contributed by atoms with E-state index in [0.717, 1.165) is 10.2 Å². The maximum absolute atomic E-state index is 3.54. The minimum absolute atomic E-state index is 1.09. The second kappa shape index (κ2) is 8.81. The first-order valence-corrected chi connectivity index (χ1v) is 10.9. The quantitative estimate of drug-likeness (QED) is 0.283. The molecule has 0 saturated heterocycles. The Kier molecular flexibility index (Phi) is 5.96. The van der Waals surface area contributed by atoms with Crippen molar-refractivity contribution in [3.05, 3.63) is 112 Å². The zero-order valence-corrected chi connectivity index (χ0v) is 19.1. The molecule has 0 aliphatic heterocycles. The van der Waals surface area contributed by atoms with E-state index in [2.05, 4.69) is 138 Å². The molecule has 0 atom stereocenters. The zero-order valence-electron chi connectivity index (χ0n) is 17.6. The summed E-state index contributed by atoms with van der Waals surface area (Å²) in [5, 5.41) is 0. The summed E-state index contributed by atoms with van der Waals surface area (Å²) in [5.74, 6) is 0. The molecule has 0 amide bonds. The number of hydrogen-bond donors (Lipinski definition) is 0. The molecule has 0 aliphatic rings. The van der Waals surface area contributed by atoms with Crippen LogP contribution in [0.3, 0.4) is 0 Å². The van der Waals surface area contributed by atoms with Gasteiger partial charge >= 0.3 is 0 Å². The number of benzene rings is 3. The SMILES string of the molecule is Cc1ccc(/C=C/c2cc(-c3ccc(Br)cc3)cc(-c3ccc(C)cc3)[n+]2C)cc1. The third-order valence-electron chi connectivity index (χ3n) is 5.39. The van der Waals surface area contributed by atoms with Gasteiger partial charge < -0.3 is 0 Å². The lowest BCUT2D eigenvalue weighted by Crippen LogP contribution is -2.34. The third-order valence-corrected chi connectivity index (χ3v) is 5.92. The standard InChI is InChI=1S/C28H25BrN/c1-20-4-8-22(9-5-20)10-17-27-18-25(23-13-15-26(29)16-14-23)19-28(30(27)3)24-11-6-21(2)7-12-24/h4-19H,1-3H3/q+1/b17-10+. The van der Waals surface area contributed by atoms with Crippen LogP contribution in [0.15, 0.2) is 89.4 Å².